The molecule has 0 unspecified atom stereocenters. The second kappa shape index (κ2) is 7.87. The minimum absolute atomic E-state index is 0.0467. The number of fused-ring (bicyclic) bond motifs is 1. The lowest BCUT2D eigenvalue weighted by Gasteiger charge is -2.19. The van der Waals surface area contributed by atoms with E-state index < -0.39 is 10.0 Å². The van der Waals surface area contributed by atoms with Crippen LogP contribution in [0.1, 0.15) is 18.1 Å². The Morgan fingerprint density at radius 3 is 2.78 bits per heavy atom. The predicted octanol–water partition coefficient (Wildman–Crippen LogP) is 2.73. The Bertz CT molecular complexity index is 944. The second-order valence-electron chi connectivity index (χ2n) is 6.23. The van der Waals surface area contributed by atoms with Crippen LogP contribution < -0.4 is 19.7 Å². The Hall–Kier alpha value is -2.74. The van der Waals surface area contributed by atoms with Gasteiger partial charge < -0.3 is 15.4 Å². The molecule has 0 radical (unpaired) electrons. The van der Waals surface area contributed by atoms with Crippen LogP contribution in [0.15, 0.2) is 42.5 Å². The number of anilines is 2. The highest BCUT2D eigenvalue weighted by molar-refractivity contribution is 7.92. The molecule has 0 fully saturated rings. The first-order valence-corrected chi connectivity index (χ1v) is 10.3. The van der Waals surface area contributed by atoms with Gasteiger partial charge in [0.05, 0.1) is 18.6 Å². The lowest BCUT2D eigenvalue weighted by molar-refractivity contribution is 0.251. The first-order valence-electron chi connectivity index (χ1n) is 8.74. The molecule has 3 rings (SSSR count). The summed E-state index contributed by atoms with van der Waals surface area (Å²) >= 11 is 0. The van der Waals surface area contributed by atoms with Gasteiger partial charge in [0.15, 0.2) is 0 Å². The maximum absolute atomic E-state index is 12.2. The van der Waals surface area contributed by atoms with Gasteiger partial charge in [0.1, 0.15) is 5.75 Å². The van der Waals surface area contributed by atoms with Gasteiger partial charge in [-0.2, -0.15) is 0 Å². The van der Waals surface area contributed by atoms with E-state index in [1.165, 1.54) is 4.31 Å². The van der Waals surface area contributed by atoms with Crippen LogP contribution in [0.2, 0.25) is 0 Å². The molecule has 0 spiro atoms. The summed E-state index contributed by atoms with van der Waals surface area (Å²) in [5.41, 5.74) is 3.07. The first kappa shape index (κ1) is 19.0. The fraction of sp³-hybridized carbons (Fsp3) is 0.316. The Morgan fingerprint density at radius 2 is 2.04 bits per heavy atom. The third-order valence-electron chi connectivity index (χ3n) is 4.48. The molecule has 0 saturated carbocycles. The summed E-state index contributed by atoms with van der Waals surface area (Å²) in [6, 6.07) is 12.4. The number of benzene rings is 2. The number of sulfonamides is 1. The Balaban J connectivity index is 1.66. The Morgan fingerprint density at radius 1 is 1.22 bits per heavy atom. The molecule has 0 aromatic heterocycles. The summed E-state index contributed by atoms with van der Waals surface area (Å²) < 4.78 is 31.0. The summed E-state index contributed by atoms with van der Waals surface area (Å²) in [6.45, 7) is 2.42. The number of urea groups is 1. The molecule has 144 valence electrons. The van der Waals surface area contributed by atoms with Gasteiger partial charge in [-0.3, -0.25) is 4.31 Å². The molecule has 2 N–H and O–H groups in total. The van der Waals surface area contributed by atoms with E-state index in [2.05, 4.69) is 10.6 Å². The van der Waals surface area contributed by atoms with Crippen LogP contribution in [0.25, 0.3) is 0 Å². The van der Waals surface area contributed by atoms with Crippen LogP contribution in [0.4, 0.5) is 16.2 Å². The third kappa shape index (κ3) is 4.33. The van der Waals surface area contributed by atoms with Gasteiger partial charge in [0.25, 0.3) is 0 Å². The Labute approximate surface area is 159 Å². The quantitative estimate of drug-likeness (QED) is 0.795. The van der Waals surface area contributed by atoms with Gasteiger partial charge in [0.2, 0.25) is 10.0 Å². The molecule has 0 saturated heterocycles. The number of nitrogens with one attached hydrogen (secondary N) is 2. The van der Waals surface area contributed by atoms with Crippen molar-refractivity contribution < 1.29 is 17.9 Å². The summed E-state index contributed by atoms with van der Waals surface area (Å²) in [7, 11) is -1.72. The molecule has 2 amide bonds. The van der Waals surface area contributed by atoms with Crippen molar-refractivity contribution in [1.29, 1.82) is 0 Å². The zero-order valence-corrected chi connectivity index (χ0v) is 16.2. The molecule has 2 aromatic carbocycles. The highest BCUT2D eigenvalue weighted by atomic mass is 32.2. The van der Waals surface area contributed by atoms with Gasteiger partial charge in [-0.25, -0.2) is 13.2 Å². The van der Waals surface area contributed by atoms with Gasteiger partial charge in [-0.05, 0) is 48.7 Å². The van der Waals surface area contributed by atoms with Crippen molar-refractivity contribution >= 4 is 27.4 Å². The average Bonchev–Trinajstić information content (AvgIpc) is 3.10. The zero-order chi connectivity index (χ0) is 19.4. The van der Waals surface area contributed by atoms with E-state index in [0.29, 0.717) is 30.9 Å². The molecule has 0 atom stereocenters. The Kier molecular flexibility index (Phi) is 5.55. The van der Waals surface area contributed by atoms with E-state index in [0.717, 1.165) is 16.9 Å². The number of hydrogen-bond donors (Lipinski definition) is 2. The van der Waals surface area contributed by atoms with Gasteiger partial charge in [0, 0.05) is 18.8 Å². The number of ether oxygens (including phenoxy) is 1. The number of amides is 2. The number of methoxy groups -OCH3 is 1. The summed E-state index contributed by atoms with van der Waals surface area (Å²) in [4.78, 5) is 12.2. The summed E-state index contributed by atoms with van der Waals surface area (Å²) in [6.07, 6.45) is 0.677. The fourth-order valence-corrected chi connectivity index (χ4v) is 4.16. The van der Waals surface area contributed by atoms with Crippen LogP contribution in [0, 0.1) is 0 Å². The maximum atomic E-state index is 12.2. The predicted molar refractivity (Wildman–Crippen MR) is 106 cm³/mol. The molecule has 1 aliphatic rings. The SMILES string of the molecule is CCS(=O)(=O)N1CCc2ccc(NC(=O)NCc3cccc(OC)c3)cc21. The minimum Gasteiger partial charge on any atom is -0.497 e. The van der Waals surface area contributed by atoms with Crippen LogP contribution in [0.3, 0.4) is 0 Å². The molecule has 8 heteroatoms. The van der Waals surface area contributed by atoms with Gasteiger partial charge in [-0.1, -0.05) is 18.2 Å². The average molecular weight is 389 g/mol. The van der Waals surface area contributed by atoms with E-state index in [4.69, 9.17) is 4.74 Å². The lowest BCUT2D eigenvalue weighted by atomic mass is 10.1. The molecule has 2 aromatic rings. The highest BCUT2D eigenvalue weighted by Crippen LogP contribution is 2.33. The largest absolute Gasteiger partial charge is 0.497 e. The summed E-state index contributed by atoms with van der Waals surface area (Å²) in [5, 5.41) is 5.54. The van der Waals surface area contributed by atoms with Crippen molar-refractivity contribution in [2.45, 2.75) is 19.9 Å². The summed E-state index contributed by atoms with van der Waals surface area (Å²) in [5.74, 6) is 0.774. The van der Waals surface area contributed by atoms with Gasteiger partial charge in [-0.15, -0.1) is 0 Å². The van der Waals surface area contributed by atoms with Crippen LogP contribution >= 0.6 is 0 Å². The van der Waals surface area contributed by atoms with Crippen molar-refractivity contribution in [2.75, 3.05) is 29.0 Å². The third-order valence-corrected chi connectivity index (χ3v) is 6.26. The number of carbonyl (C=O) groups is 1. The maximum Gasteiger partial charge on any atom is 0.319 e. The van der Waals surface area contributed by atoms with Crippen LogP contribution in [0.5, 0.6) is 5.75 Å². The molecule has 1 heterocycles. The van der Waals surface area contributed by atoms with Crippen LogP contribution in [-0.2, 0) is 23.0 Å². The molecule has 1 aliphatic heterocycles. The van der Waals surface area contributed by atoms with E-state index in [1.807, 2.05) is 30.3 Å². The lowest BCUT2D eigenvalue weighted by Crippen LogP contribution is -2.30. The molecule has 7 nitrogen and oxygen atoms in total. The first-order chi connectivity index (χ1) is 12.9. The van der Waals surface area contributed by atoms with E-state index in [1.54, 1.807) is 26.2 Å². The molecule has 0 aliphatic carbocycles. The zero-order valence-electron chi connectivity index (χ0n) is 15.4. The van der Waals surface area contributed by atoms with Crippen molar-refractivity contribution in [1.82, 2.24) is 5.32 Å². The number of nitrogens with zero attached hydrogens (tertiary/aromatic N) is 1. The molecule has 0 bridgehead atoms. The minimum atomic E-state index is -3.32. The van der Waals surface area contributed by atoms with Crippen molar-refractivity contribution in [3.63, 3.8) is 0 Å². The van der Waals surface area contributed by atoms with E-state index in [9.17, 15) is 13.2 Å². The van der Waals surface area contributed by atoms with Crippen molar-refractivity contribution in [2.24, 2.45) is 0 Å². The standard InChI is InChI=1S/C19H23N3O4S/c1-3-27(24,25)22-10-9-15-7-8-16(12-18(15)22)21-19(23)20-13-14-5-4-6-17(11-14)26-2/h4-8,11-12H,3,9-10,13H2,1-2H3,(H2,20,21,23). The fourth-order valence-electron chi connectivity index (χ4n) is 3.01. The smallest absolute Gasteiger partial charge is 0.319 e. The monoisotopic (exact) mass is 389 g/mol. The number of carbonyl (C=O) groups excluding carboxylic acids is 1. The molecule has 27 heavy (non-hydrogen) atoms. The van der Waals surface area contributed by atoms with Crippen molar-refractivity contribution in [3.8, 4) is 5.75 Å². The second-order valence-corrected chi connectivity index (χ2v) is 8.41. The van der Waals surface area contributed by atoms with Gasteiger partial charge >= 0.3 is 6.03 Å². The van der Waals surface area contributed by atoms with E-state index >= 15 is 0 Å². The van der Waals surface area contributed by atoms with Crippen LogP contribution in [-0.4, -0.2) is 33.9 Å². The molecular formula is C19H23N3O4S. The number of hydrogen-bond acceptors (Lipinski definition) is 4. The molecular weight excluding hydrogens is 366 g/mol. The highest BCUT2D eigenvalue weighted by Gasteiger charge is 2.28. The van der Waals surface area contributed by atoms with Crippen molar-refractivity contribution in [3.05, 3.63) is 53.6 Å². The normalized spacial score (nSPS) is 13.2. The topological polar surface area (TPSA) is 87.7 Å². The number of rotatable bonds is 6. The van der Waals surface area contributed by atoms with E-state index in [-0.39, 0.29) is 11.8 Å².